The van der Waals surface area contributed by atoms with Gasteiger partial charge in [0.2, 0.25) is 0 Å². The van der Waals surface area contributed by atoms with Crippen LogP contribution in [0, 0.1) is 0 Å². The smallest absolute Gasteiger partial charge is 0.119 e. The van der Waals surface area contributed by atoms with Crippen molar-refractivity contribution in [3.63, 3.8) is 0 Å². The highest BCUT2D eigenvalue weighted by atomic mass is 16.5. The average molecular weight is 267 g/mol. The summed E-state index contributed by atoms with van der Waals surface area (Å²) >= 11 is 0. The Balaban J connectivity index is 2.55. The quantitative estimate of drug-likeness (QED) is 0.476. The molecule has 0 unspecified atom stereocenters. The number of nitrogens with one attached hydrogen (secondary N) is 1. The van der Waals surface area contributed by atoms with E-state index < -0.39 is 5.54 Å². The van der Waals surface area contributed by atoms with Gasteiger partial charge in [-0.1, -0.05) is 24.8 Å². The van der Waals surface area contributed by atoms with Gasteiger partial charge in [0, 0.05) is 6.54 Å². The zero-order chi connectivity index (χ0) is 14.1. The molecule has 106 valence electrons. The number of aliphatic hydroxyl groups excluding tert-OH is 3. The molecule has 0 heterocycles. The van der Waals surface area contributed by atoms with Crippen LogP contribution in [-0.2, 0) is 6.54 Å². The van der Waals surface area contributed by atoms with Crippen LogP contribution in [0.25, 0.3) is 0 Å². The molecule has 0 amide bonds. The van der Waals surface area contributed by atoms with E-state index in [4.69, 9.17) is 4.74 Å². The number of hydrogen-bond acceptors (Lipinski definition) is 5. The molecule has 0 saturated carbocycles. The second-order valence-electron chi connectivity index (χ2n) is 4.35. The second kappa shape index (κ2) is 7.91. The molecule has 0 aliphatic carbocycles. The third-order valence-electron chi connectivity index (χ3n) is 2.87. The van der Waals surface area contributed by atoms with Gasteiger partial charge in [-0.25, -0.2) is 0 Å². The molecule has 4 N–H and O–H groups in total. The standard InChI is InChI=1S/C14H21NO4/c1-2-7-19-13-5-3-12(4-6-13)8-15-14(9-16,10-17)11-18/h2-6,15-18H,1,7-11H2. The number of rotatable bonds is 9. The van der Waals surface area contributed by atoms with Crippen LogP contribution in [0.5, 0.6) is 5.75 Å². The average Bonchev–Trinajstić information content (AvgIpc) is 2.48. The Bertz CT molecular complexity index is 365. The Hall–Kier alpha value is -1.40. The number of aliphatic hydroxyl groups is 3. The van der Waals surface area contributed by atoms with Crippen LogP contribution in [0.2, 0.25) is 0 Å². The molecule has 0 bridgehead atoms. The number of benzene rings is 1. The van der Waals surface area contributed by atoms with E-state index in [2.05, 4.69) is 11.9 Å². The molecule has 0 atom stereocenters. The maximum Gasteiger partial charge on any atom is 0.119 e. The number of hydrogen-bond donors (Lipinski definition) is 4. The van der Waals surface area contributed by atoms with Crippen molar-refractivity contribution in [3.05, 3.63) is 42.5 Å². The third kappa shape index (κ3) is 4.65. The van der Waals surface area contributed by atoms with E-state index >= 15 is 0 Å². The molecule has 5 heteroatoms. The Labute approximate surface area is 113 Å². The van der Waals surface area contributed by atoms with Crippen molar-refractivity contribution >= 4 is 0 Å². The van der Waals surface area contributed by atoms with E-state index in [9.17, 15) is 15.3 Å². The Morgan fingerprint density at radius 3 is 2.16 bits per heavy atom. The zero-order valence-corrected chi connectivity index (χ0v) is 10.9. The minimum absolute atomic E-state index is 0.333. The molecule has 0 saturated heterocycles. The SMILES string of the molecule is C=CCOc1ccc(CNC(CO)(CO)CO)cc1. The largest absolute Gasteiger partial charge is 0.490 e. The molecule has 0 aliphatic rings. The summed E-state index contributed by atoms with van der Waals surface area (Å²) in [5, 5.41) is 30.5. The lowest BCUT2D eigenvalue weighted by atomic mass is 10.0. The highest BCUT2D eigenvalue weighted by molar-refractivity contribution is 5.27. The van der Waals surface area contributed by atoms with Crippen molar-refractivity contribution in [2.45, 2.75) is 12.1 Å². The topological polar surface area (TPSA) is 82.0 Å². The van der Waals surface area contributed by atoms with Gasteiger partial charge < -0.3 is 25.4 Å². The van der Waals surface area contributed by atoms with Gasteiger partial charge in [-0.3, -0.25) is 0 Å². The van der Waals surface area contributed by atoms with Crippen molar-refractivity contribution in [1.82, 2.24) is 5.32 Å². The minimum atomic E-state index is -1.06. The molecule has 1 aromatic carbocycles. The first-order valence-electron chi connectivity index (χ1n) is 6.10. The molecule has 1 aromatic rings. The first kappa shape index (κ1) is 15.7. The molecule has 0 fully saturated rings. The first-order chi connectivity index (χ1) is 9.19. The lowest BCUT2D eigenvalue weighted by Crippen LogP contribution is -2.54. The van der Waals surface area contributed by atoms with Gasteiger partial charge in [-0.05, 0) is 17.7 Å². The monoisotopic (exact) mass is 267 g/mol. The molecule has 1 rings (SSSR count). The van der Waals surface area contributed by atoms with Crippen LogP contribution in [0.3, 0.4) is 0 Å². The van der Waals surface area contributed by atoms with Gasteiger partial charge in [0.25, 0.3) is 0 Å². The second-order valence-corrected chi connectivity index (χ2v) is 4.35. The maximum absolute atomic E-state index is 9.18. The maximum atomic E-state index is 9.18. The fraction of sp³-hybridized carbons (Fsp3) is 0.429. The van der Waals surface area contributed by atoms with E-state index in [-0.39, 0.29) is 19.8 Å². The van der Waals surface area contributed by atoms with Gasteiger partial charge in [0.1, 0.15) is 12.4 Å². The molecule has 19 heavy (non-hydrogen) atoms. The van der Waals surface area contributed by atoms with Crippen molar-refractivity contribution in [2.24, 2.45) is 0 Å². The van der Waals surface area contributed by atoms with Crippen LogP contribution in [0.4, 0.5) is 0 Å². The highest BCUT2D eigenvalue weighted by Crippen LogP contribution is 2.13. The van der Waals surface area contributed by atoms with Crippen LogP contribution in [-0.4, -0.2) is 47.3 Å². The summed E-state index contributed by atoms with van der Waals surface area (Å²) in [6.07, 6.45) is 1.67. The molecule has 0 aliphatic heterocycles. The Kier molecular flexibility index (Phi) is 6.52. The van der Waals surface area contributed by atoms with Crippen LogP contribution in [0.1, 0.15) is 5.56 Å². The lowest BCUT2D eigenvalue weighted by Gasteiger charge is -2.28. The summed E-state index contributed by atoms with van der Waals surface area (Å²) in [6.45, 7) is 3.47. The van der Waals surface area contributed by atoms with Crippen molar-refractivity contribution < 1.29 is 20.1 Å². The first-order valence-corrected chi connectivity index (χ1v) is 6.10. The summed E-state index contributed by atoms with van der Waals surface area (Å²) in [4.78, 5) is 0. The van der Waals surface area contributed by atoms with E-state index in [0.717, 1.165) is 11.3 Å². The lowest BCUT2D eigenvalue weighted by molar-refractivity contribution is 0.0414. The van der Waals surface area contributed by atoms with E-state index in [0.29, 0.717) is 13.2 Å². The van der Waals surface area contributed by atoms with Crippen molar-refractivity contribution in [1.29, 1.82) is 0 Å². The summed E-state index contributed by atoms with van der Waals surface area (Å²) in [7, 11) is 0. The van der Waals surface area contributed by atoms with Crippen LogP contribution >= 0.6 is 0 Å². The molecule has 0 aromatic heterocycles. The fourth-order valence-electron chi connectivity index (χ4n) is 1.47. The van der Waals surface area contributed by atoms with Crippen LogP contribution < -0.4 is 10.1 Å². The summed E-state index contributed by atoms with van der Waals surface area (Å²) in [6, 6.07) is 7.42. The number of ether oxygens (including phenoxy) is 1. The van der Waals surface area contributed by atoms with E-state index in [1.54, 1.807) is 6.08 Å². The van der Waals surface area contributed by atoms with Gasteiger partial charge in [0.15, 0.2) is 0 Å². The highest BCUT2D eigenvalue weighted by Gasteiger charge is 2.26. The predicted octanol–water partition coefficient (Wildman–Crippen LogP) is 0.0567. The van der Waals surface area contributed by atoms with E-state index in [1.807, 2.05) is 24.3 Å². The summed E-state index contributed by atoms with van der Waals surface area (Å²) in [5.41, 5.74) is -0.0939. The predicted molar refractivity (Wildman–Crippen MR) is 73.0 cm³/mol. The molecule has 5 nitrogen and oxygen atoms in total. The van der Waals surface area contributed by atoms with Gasteiger partial charge in [-0.2, -0.15) is 0 Å². The summed E-state index contributed by atoms with van der Waals surface area (Å²) < 4.78 is 5.36. The van der Waals surface area contributed by atoms with E-state index in [1.165, 1.54) is 0 Å². The van der Waals surface area contributed by atoms with Crippen LogP contribution in [0.15, 0.2) is 36.9 Å². The normalized spacial score (nSPS) is 11.3. The zero-order valence-electron chi connectivity index (χ0n) is 10.9. The van der Waals surface area contributed by atoms with Crippen molar-refractivity contribution in [3.8, 4) is 5.75 Å². The minimum Gasteiger partial charge on any atom is -0.490 e. The summed E-state index contributed by atoms with van der Waals surface area (Å²) in [5.74, 6) is 0.751. The fourth-order valence-corrected chi connectivity index (χ4v) is 1.47. The molecular weight excluding hydrogens is 246 g/mol. The van der Waals surface area contributed by atoms with Gasteiger partial charge >= 0.3 is 0 Å². The van der Waals surface area contributed by atoms with Gasteiger partial charge in [0.05, 0.1) is 25.4 Å². The Morgan fingerprint density at radius 1 is 1.11 bits per heavy atom. The molecule has 0 radical (unpaired) electrons. The molecular formula is C14H21NO4. The molecule has 0 spiro atoms. The third-order valence-corrected chi connectivity index (χ3v) is 2.87. The van der Waals surface area contributed by atoms with Crippen molar-refractivity contribution in [2.75, 3.05) is 26.4 Å². The Morgan fingerprint density at radius 2 is 1.68 bits per heavy atom. The van der Waals surface area contributed by atoms with Gasteiger partial charge in [-0.15, -0.1) is 0 Å².